The predicted molar refractivity (Wildman–Crippen MR) is 78.5 cm³/mol. The molecule has 0 aliphatic heterocycles. The number of hydrogen-bond acceptors (Lipinski definition) is 5. The minimum Gasteiger partial charge on any atom is -0.465 e. The third-order valence-corrected chi connectivity index (χ3v) is 3.02. The van der Waals surface area contributed by atoms with Crippen LogP contribution in [0.1, 0.15) is 13.8 Å². The number of ether oxygens (including phenoxy) is 2. The lowest BCUT2D eigenvalue weighted by molar-refractivity contribution is -0.142. The number of carbonyl (C=O) groups is 2. The molecule has 0 bridgehead atoms. The molecule has 1 rings (SSSR count). The molecule has 0 spiro atoms. The van der Waals surface area contributed by atoms with E-state index >= 15 is 0 Å². The molecule has 0 aliphatic rings. The fraction of sp³-hybridized carbons (Fsp3) is 0.429. The van der Waals surface area contributed by atoms with Gasteiger partial charge in [0.2, 0.25) is 0 Å². The molecule has 1 aromatic rings. The molecule has 0 amide bonds. The van der Waals surface area contributed by atoms with Gasteiger partial charge in [0.25, 0.3) is 0 Å². The van der Waals surface area contributed by atoms with Gasteiger partial charge in [-0.05, 0) is 48.0 Å². The van der Waals surface area contributed by atoms with Crippen molar-refractivity contribution in [3.63, 3.8) is 0 Å². The third-order valence-electron chi connectivity index (χ3n) is 2.38. The first-order valence-electron chi connectivity index (χ1n) is 6.30. The van der Waals surface area contributed by atoms with Crippen LogP contribution < -0.4 is 4.90 Å². The van der Waals surface area contributed by atoms with Crippen molar-refractivity contribution in [1.82, 2.24) is 0 Å². The van der Waals surface area contributed by atoms with Crippen LogP contribution in [0, 0.1) is 6.07 Å². The number of benzene rings is 1. The highest BCUT2D eigenvalue weighted by Gasteiger charge is 2.18. The van der Waals surface area contributed by atoms with Gasteiger partial charge in [-0.2, -0.15) is 0 Å². The summed E-state index contributed by atoms with van der Waals surface area (Å²) < 4.78 is 10.6. The summed E-state index contributed by atoms with van der Waals surface area (Å²) in [7, 11) is 0. The van der Waals surface area contributed by atoms with Crippen molar-refractivity contribution < 1.29 is 19.1 Å². The molecule has 0 saturated carbocycles. The van der Waals surface area contributed by atoms with Crippen molar-refractivity contribution in [3.05, 3.63) is 28.7 Å². The maximum atomic E-state index is 11.6. The maximum Gasteiger partial charge on any atom is 0.325 e. The second kappa shape index (κ2) is 8.58. The second-order valence-corrected chi connectivity index (χ2v) is 4.70. The molecule has 6 heteroatoms. The number of halogens is 1. The van der Waals surface area contributed by atoms with Gasteiger partial charge < -0.3 is 14.4 Å². The Labute approximate surface area is 127 Å². The number of nitrogens with zero attached hydrogens (tertiary/aromatic N) is 1. The topological polar surface area (TPSA) is 55.8 Å². The van der Waals surface area contributed by atoms with Crippen LogP contribution in [0.5, 0.6) is 0 Å². The average molecular weight is 343 g/mol. The number of carbonyl (C=O) groups excluding carboxylic acids is 2. The molecule has 0 aliphatic carbocycles. The minimum absolute atomic E-state index is 0.0186. The molecule has 0 N–H and O–H groups in total. The number of rotatable bonds is 7. The Morgan fingerprint density at radius 1 is 1.20 bits per heavy atom. The number of esters is 2. The first-order chi connectivity index (χ1) is 9.58. The number of anilines is 1. The fourth-order valence-corrected chi connectivity index (χ4v) is 2.12. The Morgan fingerprint density at radius 3 is 2.20 bits per heavy atom. The molecule has 0 atom stereocenters. The molecule has 0 aromatic heterocycles. The predicted octanol–water partition coefficient (Wildman–Crippen LogP) is 2.18. The molecule has 0 saturated heterocycles. The zero-order valence-electron chi connectivity index (χ0n) is 11.5. The summed E-state index contributed by atoms with van der Waals surface area (Å²) in [6.07, 6.45) is 0. The van der Waals surface area contributed by atoms with Crippen LogP contribution in [0.4, 0.5) is 5.69 Å². The van der Waals surface area contributed by atoms with Crippen molar-refractivity contribution in [2.75, 3.05) is 31.2 Å². The van der Waals surface area contributed by atoms with E-state index in [0.717, 1.165) is 4.47 Å². The Morgan fingerprint density at radius 2 is 1.75 bits per heavy atom. The normalized spacial score (nSPS) is 9.95. The Hall–Kier alpha value is -1.56. The molecule has 1 aromatic carbocycles. The minimum atomic E-state index is -0.392. The van der Waals surface area contributed by atoms with E-state index in [4.69, 9.17) is 9.47 Å². The van der Waals surface area contributed by atoms with Gasteiger partial charge in [0.15, 0.2) is 0 Å². The van der Waals surface area contributed by atoms with Crippen LogP contribution in [0.3, 0.4) is 0 Å². The first-order valence-corrected chi connectivity index (χ1v) is 7.09. The van der Waals surface area contributed by atoms with Crippen molar-refractivity contribution in [3.8, 4) is 0 Å². The van der Waals surface area contributed by atoms with E-state index in [1.54, 1.807) is 36.9 Å². The van der Waals surface area contributed by atoms with Gasteiger partial charge in [0, 0.05) is 4.47 Å². The summed E-state index contributed by atoms with van der Waals surface area (Å²) in [6, 6.07) is 8.11. The van der Waals surface area contributed by atoms with Gasteiger partial charge in [-0.1, -0.05) is 6.07 Å². The Bertz CT molecular complexity index is 444. The van der Waals surface area contributed by atoms with Crippen molar-refractivity contribution in [2.24, 2.45) is 0 Å². The molecule has 0 unspecified atom stereocenters. The summed E-state index contributed by atoms with van der Waals surface area (Å²) in [5.41, 5.74) is 0.713. The second-order valence-electron chi connectivity index (χ2n) is 3.84. The average Bonchev–Trinajstić information content (AvgIpc) is 2.39. The van der Waals surface area contributed by atoms with E-state index in [1.807, 2.05) is 0 Å². The van der Waals surface area contributed by atoms with E-state index in [2.05, 4.69) is 22.0 Å². The van der Waals surface area contributed by atoms with Crippen molar-refractivity contribution in [1.29, 1.82) is 0 Å². The van der Waals surface area contributed by atoms with Gasteiger partial charge in [-0.25, -0.2) is 0 Å². The SMILES string of the molecule is CCOC(=O)CN(CC(=O)OCC)c1cc[c]cc1Br. The number of hydrogen-bond donors (Lipinski definition) is 0. The van der Waals surface area contributed by atoms with Crippen LogP contribution in [-0.4, -0.2) is 38.2 Å². The van der Waals surface area contributed by atoms with Crippen molar-refractivity contribution in [2.45, 2.75) is 13.8 Å². The zero-order valence-corrected chi connectivity index (χ0v) is 13.1. The van der Waals surface area contributed by atoms with Crippen LogP contribution in [0.2, 0.25) is 0 Å². The van der Waals surface area contributed by atoms with E-state index < -0.39 is 11.9 Å². The smallest absolute Gasteiger partial charge is 0.325 e. The van der Waals surface area contributed by atoms with E-state index in [1.165, 1.54) is 0 Å². The van der Waals surface area contributed by atoms with Gasteiger partial charge in [-0.15, -0.1) is 0 Å². The highest BCUT2D eigenvalue weighted by atomic mass is 79.9. The fourth-order valence-electron chi connectivity index (χ4n) is 1.61. The van der Waals surface area contributed by atoms with Crippen molar-refractivity contribution >= 4 is 33.6 Å². The molecule has 109 valence electrons. The standard InChI is InChI=1S/C14H17BrNO4/c1-3-19-13(17)9-16(10-14(18)20-4-2)12-8-6-5-7-11(12)15/h6-8H,3-4,9-10H2,1-2H3. The maximum absolute atomic E-state index is 11.6. The molecular weight excluding hydrogens is 326 g/mol. The van der Waals surface area contributed by atoms with Crippen LogP contribution in [0.15, 0.2) is 22.7 Å². The summed E-state index contributed by atoms with van der Waals surface area (Å²) in [5, 5.41) is 0. The van der Waals surface area contributed by atoms with E-state index in [0.29, 0.717) is 18.9 Å². The van der Waals surface area contributed by atoms with Gasteiger partial charge in [0.1, 0.15) is 13.1 Å². The van der Waals surface area contributed by atoms with Crippen LogP contribution >= 0.6 is 15.9 Å². The molecule has 20 heavy (non-hydrogen) atoms. The molecule has 0 heterocycles. The Balaban J connectivity index is 2.86. The third kappa shape index (κ3) is 5.21. The van der Waals surface area contributed by atoms with Crippen LogP contribution in [-0.2, 0) is 19.1 Å². The summed E-state index contributed by atoms with van der Waals surface area (Å²) in [6.45, 7) is 4.04. The van der Waals surface area contributed by atoms with Gasteiger partial charge in [-0.3, -0.25) is 9.59 Å². The van der Waals surface area contributed by atoms with Gasteiger partial charge >= 0.3 is 11.9 Å². The monoisotopic (exact) mass is 342 g/mol. The summed E-state index contributed by atoms with van der Waals surface area (Å²) in [5.74, 6) is -0.784. The lowest BCUT2D eigenvalue weighted by atomic mass is 10.3. The summed E-state index contributed by atoms with van der Waals surface area (Å²) in [4.78, 5) is 24.9. The highest BCUT2D eigenvalue weighted by Crippen LogP contribution is 2.25. The highest BCUT2D eigenvalue weighted by molar-refractivity contribution is 9.10. The van der Waals surface area contributed by atoms with E-state index in [9.17, 15) is 9.59 Å². The van der Waals surface area contributed by atoms with E-state index in [-0.39, 0.29) is 13.1 Å². The van der Waals surface area contributed by atoms with Gasteiger partial charge in [0.05, 0.1) is 18.9 Å². The molecule has 0 fully saturated rings. The molecular formula is C14H17BrNO4. The Kier molecular flexibility index (Phi) is 7.08. The zero-order chi connectivity index (χ0) is 15.0. The summed E-state index contributed by atoms with van der Waals surface area (Å²) >= 11 is 3.38. The quantitative estimate of drug-likeness (QED) is 0.711. The first kappa shape index (κ1) is 16.5. The molecule has 5 nitrogen and oxygen atoms in total. The molecule has 1 radical (unpaired) electrons. The van der Waals surface area contributed by atoms with Crippen LogP contribution in [0.25, 0.3) is 0 Å². The lowest BCUT2D eigenvalue weighted by Crippen LogP contribution is -2.36. The largest absolute Gasteiger partial charge is 0.465 e. The lowest BCUT2D eigenvalue weighted by Gasteiger charge is -2.23.